The summed E-state index contributed by atoms with van der Waals surface area (Å²) < 4.78 is 4.64. The molecule has 122 valence electrons. The number of anilines is 1. The number of methoxy groups -OCH3 is 1. The summed E-state index contributed by atoms with van der Waals surface area (Å²) in [7, 11) is 1.28. The van der Waals surface area contributed by atoms with Crippen LogP contribution in [0.4, 0.5) is 5.13 Å². The lowest BCUT2D eigenvalue weighted by molar-refractivity contribution is 0.0594. The van der Waals surface area contributed by atoms with Crippen molar-refractivity contribution in [3.63, 3.8) is 0 Å². The topological polar surface area (TPSA) is 110 Å². The van der Waals surface area contributed by atoms with E-state index in [1.54, 1.807) is 31.5 Å². The fourth-order valence-electron chi connectivity index (χ4n) is 2.00. The van der Waals surface area contributed by atoms with Crippen LogP contribution in [0.2, 0.25) is 0 Å². The maximum absolute atomic E-state index is 12.3. The van der Waals surface area contributed by atoms with Gasteiger partial charge in [-0.15, -0.1) is 11.3 Å². The predicted molar refractivity (Wildman–Crippen MR) is 88.0 cm³/mol. The highest BCUT2D eigenvalue weighted by molar-refractivity contribution is 7.16. The van der Waals surface area contributed by atoms with Gasteiger partial charge in [0.15, 0.2) is 10.8 Å². The van der Waals surface area contributed by atoms with E-state index in [1.165, 1.54) is 18.4 Å². The number of esters is 1. The summed E-state index contributed by atoms with van der Waals surface area (Å²) in [5, 5.41) is 9.72. The Kier molecular flexibility index (Phi) is 4.34. The Balaban J connectivity index is 1.76. The van der Waals surface area contributed by atoms with Crippen molar-refractivity contribution in [2.45, 2.75) is 6.92 Å². The fourth-order valence-corrected chi connectivity index (χ4v) is 2.80. The molecule has 0 unspecified atom stereocenters. The van der Waals surface area contributed by atoms with Crippen molar-refractivity contribution in [3.05, 3.63) is 46.9 Å². The van der Waals surface area contributed by atoms with Crippen molar-refractivity contribution < 1.29 is 14.3 Å². The minimum atomic E-state index is -0.537. The average molecular weight is 343 g/mol. The van der Waals surface area contributed by atoms with Crippen LogP contribution in [0.25, 0.3) is 11.3 Å². The summed E-state index contributed by atoms with van der Waals surface area (Å²) in [4.78, 5) is 32.6. The van der Waals surface area contributed by atoms with Crippen LogP contribution in [0.5, 0.6) is 0 Å². The number of pyridine rings is 1. The molecule has 0 aliphatic heterocycles. The Morgan fingerprint density at radius 1 is 1.38 bits per heavy atom. The summed E-state index contributed by atoms with van der Waals surface area (Å²) in [5.41, 5.74) is 1.88. The van der Waals surface area contributed by atoms with Crippen LogP contribution in [0, 0.1) is 6.92 Å². The minimum absolute atomic E-state index is 0.193. The number of nitrogens with zero attached hydrogens (tertiary/aromatic N) is 3. The van der Waals surface area contributed by atoms with Gasteiger partial charge < -0.3 is 4.74 Å². The van der Waals surface area contributed by atoms with Crippen molar-refractivity contribution in [1.82, 2.24) is 20.2 Å². The molecular formula is C15H13N5O3S. The number of aryl methyl sites for hydroxylation is 1. The van der Waals surface area contributed by atoms with E-state index in [0.717, 1.165) is 5.56 Å². The average Bonchev–Trinajstić information content (AvgIpc) is 3.22. The SMILES string of the molecule is COC(=O)c1nc(NC(=O)c2cc(-c3cccnc3)n[nH]2)sc1C. The van der Waals surface area contributed by atoms with Crippen molar-refractivity contribution in [1.29, 1.82) is 0 Å². The Hall–Kier alpha value is -3.07. The normalized spacial score (nSPS) is 10.4. The molecule has 0 spiro atoms. The first kappa shape index (κ1) is 15.8. The highest BCUT2D eigenvalue weighted by atomic mass is 32.1. The quantitative estimate of drug-likeness (QED) is 0.703. The molecular weight excluding hydrogens is 330 g/mol. The van der Waals surface area contributed by atoms with Gasteiger partial charge in [0.2, 0.25) is 0 Å². The maximum Gasteiger partial charge on any atom is 0.357 e. The molecule has 8 nitrogen and oxygen atoms in total. The van der Waals surface area contributed by atoms with E-state index in [1.807, 2.05) is 6.07 Å². The molecule has 3 heterocycles. The summed E-state index contributed by atoms with van der Waals surface area (Å²) in [5.74, 6) is -0.938. The first-order chi connectivity index (χ1) is 11.6. The third-order valence-electron chi connectivity index (χ3n) is 3.18. The predicted octanol–water partition coefficient (Wildman–Crippen LogP) is 2.28. The molecule has 0 saturated carbocycles. The molecule has 0 aliphatic rings. The summed E-state index contributed by atoms with van der Waals surface area (Å²) in [6, 6.07) is 5.25. The summed E-state index contributed by atoms with van der Waals surface area (Å²) in [6.07, 6.45) is 3.32. The first-order valence-electron chi connectivity index (χ1n) is 6.91. The number of carbonyl (C=O) groups is 2. The monoisotopic (exact) mass is 343 g/mol. The van der Waals surface area contributed by atoms with Gasteiger partial charge in [0.05, 0.1) is 12.8 Å². The lowest BCUT2D eigenvalue weighted by Crippen LogP contribution is -2.12. The number of H-pyrrole nitrogens is 1. The highest BCUT2D eigenvalue weighted by Crippen LogP contribution is 2.23. The number of rotatable bonds is 4. The molecule has 1 amide bonds. The van der Waals surface area contributed by atoms with Gasteiger partial charge in [-0.25, -0.2) is 9.78 Å². The van der Waals surface area contributed by atoms with E-state index in [2.05, 4.69) is 30.2 Å². The van der Waals surface area contributed by atoms with Crippen LogP contribution in [0.15, 0.2) is 30.6 Å². The molecule has 0 atom stereocenters. The van der Waals surface area contributed by atoms with Crippen molar-refractivity contribution in [2.75, 3.05) is 12.4 Å². The minimum Gasteiger partial charge on any atom is -0.464 e. The molecule has 0 bridgehead atoms. The summed E-state index contributed by atoms with van der Waals surface area (Å²) >= 11 is 1.20. The van der Waals surface area contributed by atoms with Crippen molar-refractivity contribution in [3.8, 4) is 11.3 Å². The van der Waals surface area contributed by atoms with E-state index >= 15 is 0 Å². The number of aromatic nitrogens is 4. The molecule has 9 heteroatoms. The number of thiazole rings is 1. The van der Waals surface area contributed by atoms with Crippen LogP contribution in [-0.4, -0.2) is 39.2 Å². The standard InChI is InChI=1S/C15H13N5O3S/c1-8-12(14(22)23-2)17-15(24-8)18-13(21)11-6-10(19-20-11)9-4-3-5-16-7-9/h3-7H,1-2H3,(H,19,20)(H,17,18,21). The molecule has 0 radical (unpaired) electrons. The molecule has 3 rings (SSSR count). The van der Waals surface area contributed by atoms with Crippen LogP contribution in [0.1, 0.15) is 25.9 Å². The molecule has 3 aromatic heterocycles. The van der Waals surface area contributed by atoms with Crippen LogP contribution < -0.4 is 5.32 Å². The number of amides is 1. The Morgan fingerprint density at radius 3 is 2.92 bits per heavy atom. The second-order valence-corrected chi connectivity index (χ2v) is 5.98. The van der Waals surface area contributed by atoms with Crippen LogP contribution in [0.3, 0.4) is 0 Å². The first-order valence-corrected chi connectivity index (χ1v) is 7.73. The lowest BCUT2D eigenvalue weighted by atomic mass is 10.2. The summed E-state index contributed by atoms with van der Waals surface area (Å²) in [6.45, 7) is 1.73. The zero-order valence-corrected chi connectivity index (χ0v) is 13.7. The molecule has 2 N–H and O–H groups in total. The molecule has 0 aromatic carbocycles. The van der Waals surface area contributed by atoms with Gasteiger partial charge in [-0.2, -0.15) is 5.10 Å². The van der Waals surface area contributed by atoms with Gasteiger partial charge in [-0.1, -0.05) is 0 Å². The molecule has 3 aromatic rings. The van der Waals surface area contributed by atoms with E-state index in [-0.39, 0.29) is 11.4 Å². The number of hydrogen-bond acceptors (Lipinski definition) is 7. The zero-order valence-electron chi connectivity index (χ0n) is 12.9. The van der Waals surface area contributed by atoms with Crippen LogP contribution >= 0.6 is 11.3 Å². The Morgan fingerprint density at radius 2 is 2.21 bits per heavy atom. The maximum atomic E-state index is 12.3. The number of nitrogens with one attached hydrogen (secondary N) is 2. The molecule has 24 heavy (non-hydrogen) atoms. The van der Waals surface area contributed by atoms with Gasteiger partial charge in [0.1, 0.15) is 5.69 Å². The van der Waals surface area contributed by atoms with Crippen molar-refractivity contribution >= 4 is 28.3 Å². The smallest absolute Gasteiger partial charge is 0.357 e. The third-order valence-corrected chi connectivity index (χ3v) is 4.06. The number of aromatic amines is 1. The Labute approximate surface area is 140 Å². The fraction of sp³-hybridized carbons (Fsp3) is 0.133. The number of carbonyl (C=O) groups excluding carboxylic acids is 2. The van der Waals surface area contributed by atoms with E-state index in [0.29, 0.717) is 15.7 Å². The van der Waals surface area contributed by atoms with Gasteiger partial charge >= 0.3 is 5.97 Å². The number of hydrogen-bond donors (Lipinski definition) is 2. The molecule has 0 aliphatic carbocycles. The van der Waals surface area contributed by atoms with Crippen molar-refractivity contribution in [2.24, 2.45) is 0 Å². The second kappa shape index (κ2) is 6.59. The second-order valence-electron chi connectivity index (χ2n) is 4.78. The lowest BCUT2D eigenvalue weighted by Gasteiger charge is -1.97. The van der Waals surface area contributed by atoms with E-state index in [9.17, 15) is 9.59 Å². The highest BCUT2D eigenvalue weighted by Gasteiger charge is 2.18. The van der Waals surface area contributed by atoms with Gasteiger partial charge in [-0.05, 0) is 25.1 Å². The third kappa shape index (κ3) is 3.15. The molecule has 0 saturated heterocycles. The van der Waals surface area contributed by atoms with E-state index in [4.69, 9.17) is 0 Å². The van der Waals surface area contributed by atoms with Gasteiger partial charge in [-0.3, -0.25) is 20.2 Å². The van der Waals surface area contributed by atoms with Crippen LogP contribution in [-0.2, 0) is 4.74 Å². The Bertz CT molecular complexity index is 888. The van der Waals surface area contributed by atoms with E-state index < -0.39 is 11.9 Å². The van der Waals surface area contributed by atoms with Gasteiger partial charge in [0.25, 0.3) is 5.91 Å². The number of ether oxygens (including phenoxy) is 1. The largest absolute Gasteiger partial charge is 0.464 e. The van der Waals surface area contributed by atoms with Gasteiger partial charge in [0, 0.05) is 22.8 Å². The molecule has 0 fully saturated rings. The zero-order chi connectivity index (χ0) is 17.1.